The van der Waals surface area contributed by atoms with Crippen molar-refractivity contribution in [1.29, 1.82) is 0 Å². The van der Waals surface area contributed by atoms with Gasteiger partial charge in [0.2, 0.25) is 5.95 Å². The molecule has 1 rings (SSSR count). The zero-order chi connectivity index (χ0) is 14.3. The first-order valence-corrected chi connectivity index (χ1v) is 7.27. The van der Waals surface area contributed by atoms with Crippen LogP contribution in [0.3, 0.4) is 0 Å². The van der Waals surface area contributed by atoms with Gasteiger partial charge in [-0.25, -0.2) is 9.97 Å². The molecule has 1 heterocycles. The second-order valence-corrected chi connectivity index (χ2v) is 5.98. The topological polar surface area (TPSA) is 41.1 Å². The van der Waals surface area contributed by atoms with Crippen molar-refractivity contribution in [3.05, 3.63) is 18.0 Å². The molecule has 0 aliphatic rings. The van der Waals surface area contributed by atoms with Crippen LogP contribution in [0.25, 0.3) is 0 Å². The quantitative estimate of drug-likeness (QED) is 0.822. The van der Waals surface area contributed by atoms with Crippen LogP contribution in [-0.2, 0) is 6.54 Å². The Hall–Kier alpha value is -1.16. The molecule has 1 aromatic rings. The molecule has 0 saturated carbocycles. The SMILES string of the molecule is CCCN(CCC)c1ncc(CNC(C)(C)C)cn1. The molecular weight excluding hydrogens is 236 g/mol. The van der Waals surface area contributed by atoms with Crippen LogP contribution in [0.15, 0.2) is 12.4 Å². The van der Waals surface area contributed by atoms with E-state index in [1.165, 1.54) is 0 Å². The lowest BCUT2D eigenvalue weighted by atomic mass is 10.1. The van der Waals surface area contributed by atoms with Gasteiger partial charge in [-0.3, -0.25) is 0 Å². The van der Waals surface area contributed by atoms with Crippen LogP contribution < -0.4 is 10.2 Å². The molecule has 0 aliphatic carbocycles. The number of hydrogen-bond donors (Lipinski definition) is 1. The Labute approximate surface area is 117 Å². The van der Waals surface area contributed by atoms with Crippen LogP contribution in [0.4, 0.5) is 5.95 Å². The monoisotopic (exact) mass is 264 g/mol. The van der Waals surface area contributed by atoms with Crippen molar-refractivity contribution in [2.45, 2.75) is 59.5 Å². The summed E-state index contributed by atoms with van der Waals surface area (Å²) in [6.45, 7) is 13.7. The number of aromatic nitrogens is 2. The Morgan fingerprint density at radius 1 is 1.05 bits per heavy atom. The van der Waals surface area contributed by atoms with Gasteiger partial charge in [-0.05, 0) is 33.6 Å². The Bertz CT molecular complexity index is 347. The molecular formula is C15H28N4. The van der Waals surface area contributed by atoms with Crippen molar-refractivity contribution >= 4 is 5.95 Å². The van der Waals surface area contributed by atoms with Gasteiger partial charge >= 0.3 is 0 Å². The van der Waals surface area contributed by atoms with E-state index >= 15 is 0 Å². The van der Waals surface area contributed by atoms with E-state index in [-0.39, 0.29) is 5.54 Å². The van der Waals surface area contributed by atoms with E-state index in [2.05, 4.69) is 54.8 Å². The zero-order valence-electron chi connectivity index (χ0n) is 13.0. The first kappa shape index (κ1) is 15.9. The van der Waals surface area contributed by atoms with E-state index in [9.17, 15) is 0 Å². The maximum absolute atomic E-state index is 4.49. The molecule has 0 radical (unpaired) electrons. The maximum Gasteiger partial charge on any atom is 0.225 e. The van der Waals surface area contributed by atoms with Crippen LogP contribution in [-0.4, -0.2) is 28.6 Å². The maximum atomic E-state index is 4.49. The second kappa shape index (κ2) is 7.43. The van der Waals surface area contributed by atoms with E-state index in [1.807, 2.05) is 12.4 Å². The smallest absolute Gasteiger partial charge is 0.225 e. The van der Waals surface area contributed by atoms with Gasteiger partial charge in [0.05, 0.1) is 0 Å². The molecule has 0 atom stereocenters. The Morgan fingerprint density at radius 3 is 2.00 bits per heavy atom. The summed E-state index contributed by atoms with van der Waals surface area (Å²) in [5.74, 6) is 0.850. The van der Waals surface area contributed by atoms with Gasteiger partial charge in [0.1, 0.15) is 0 Å². The lowest BCUT2D eigenvalue weighted by molar-refractivity contribution is 0.423. The summed E-state index contributed by atoms with van der Waals surface area (Å²) in [6, 6.07) is 0. The predicted octanol–water partition coefficient (Wildman–Crippen LogP) is 2.99. The summed E-state index contributed by atoms with van der Waals surface area (Å²) in [5, 5.41) is 3.44. The van der Waals surface area contributed by atoms with Gasteiger partial charge in [0.15, 0.2) is 0 Å². The molecule has 0 bridgehead atoms. The van der Waals surface area contributed by atoms with Crippen molar-refractivity contribution in [1.82, 2.24) is 15.3 Å². The zero-order valence-corrected chi connectivity index (χ0v) is 13.0. The van der Waals surface area contributed by atoms with E-state index < -0.39 is 0 Å². The van der Waals surface area contributed by atoms with Gasteiger partial charge in [-0.1, -0.05) is 13.8 Å². The van der Waals surface area contributed by atoms with Gasteiger partial charge < -0.3 is 10.2 Å². The molecule has 0 amide bonds. The lowest BCUT2D eigenvalue weighted by Gasteiger charge is -2.22. The average molecular weight is 264 g/mol. The summed E-state index contributed by atoms with van der Waals surface area (Å²) in [7, 11) is 0. The highest BCUT2D eigenvalue weighted by atomic mass is 15.2. The number of rotatable bonds is 7. The van der Waals surface area contributed by atoms with Crippen LogP contribution in [0.1, 0.15) is 53.0 Å². The minimum atomic E-state index is 0.120. The molecule has 19 heavy (non-hydrogen) atoms. The highest BCUT2D eigenvalue weighted by Gasteiger charge is 2.10. The van der Waals surface area contributed by atoms with E-state index in [0.29, 0.717) is 0 Å². The molecule has 0 spiro atoms. The minimum Gasteiger partial charge on any atom is -0.341 e. The molecule has 0 aliphatic heterocycles. The fraction of sp³-hybridized carbons (Fsp3) is 0.733. The first-order chi connectivity index (χ1) is 8.96. The average Bonchev–Trinajstić information content (AvgIpc) is 2.36. The summed E-state index contributed by atoms with van der Waals surface area (Å²) in [6.07, 6.45) is 6.10. The van der Waals surface area contributed by atoms with E-state index in [0.717, 1.165) is 44.0 Å². The van der Waals surface area contributed by atoms with Gasteiger partial charge in [-0.15, -0.1) is 0 Å². The molecule has 0 saturated heterocycles. The third kappa shape index (κ3) is 6.01. The fourth-order valence-electron chi connectivity index (χ4n) is 1.82. The molecule has 0 aromatic carbocycles. The normalized spacial score (nSPS) is 11.6. The first-order valence-electron chi connectivity index (χ1n) is 7.27. The van der Waals surface area contributed by atoms with Crippen molar-refractivity contribution in [3.63, 3.8) is 0 Å². The molecule has 4 heteroatoms. The minimum absolute atomic E-state index is 0.120. The number of anilines is 1. The van der Waals surface area contributed by atoms with Crippen molar-refractivity contribution in [3.8, 4) is 0 Å². The third-order valence-electron chi connectivity index (χ3n) is 2.78. The van der Waals surface area contributed by atoms with Crippen molar-refractivity contribution in [2.75, 3.05) is 18.0 Å². The van der Waals surface area contributed by atoms with Crippen LogP contribution >= 0.6 is 0 Å². The Morgan fingerprint density at radius 2 is 1.58 bits per heavy atom. The molecule has 0 unspecified atom stereocenters. The van der Waals surface area contributed by atoms with E-state index in [1.54, 1.807) is 0 Å². The summed E-state index contributed by atoms with van der Waals surface area (Å²) in [4.78, 5) is 11.2. The highest BCUT2D eigenvalue weighted by molar-refractivity contribution is 5.29. The predicted molar refractivity (Wildman–Crippen MR) is 81.4 cm³/mol. The van der Waals surface area contributed by atoms with Crippen LogP contribution in [0.5, 0.6) is 0 Å². The van der Waals surface area contributed by atoms with Crippen LogP contribution in [0.2, 0.25) is 0 Å². The van der Waals surface area contributed by atoms with Gasteiger partial charge in [0, 0.05) is 43.1 Å². The lowest BCUT2D eigenvalue weighted by Crippen LogP contribution is -2.35. The molecule has 108 valence electrons. The second-order valence-electron chi connectivity index (χ2n) is 5.98. The Balaban J connectivity index is 2.63. The fourth-order valence-corrected chi connectivity index (χ4v) is 1.82. The molecule has 1 aromatic heterocycles. The largest absolute Gasteiger partial charge is 0.341 e. The molecule has 0 fully saturated rings. The molecule has 1 N–H and O–H groups in total. The number of nitrogens with one attached hydrogen (secondary N) is 1. The van der Waals surface area contributed by atoms with E-state index in [4.69, 9.17) is 0 Å². The number of nitrogens with zero attached hydrogens (tertiary/aromatic N) is 3. The van der Waals surface area contributed by atoms with Gasteiger partial charge in [-0.2, -0.15) is 0 Å². The number of hydrogen-bond acceptors (Lipinski definition) is 4. The molecule has 4 nitrogen and oxygen atoms in total. The van der Waals surface area contributed by atoms with Crippen LogP contribution in [0, 0.1) is 0 Å². The van der Waals surface area contributed by atoms with Gasteiger partial charge in [0.25, 0.3) is 0 Å². The summed E-state index contributed by atoms with van der Waals surface area (Å²) >= 11 is 0. The summed E-state index contributed by atoms with van der Waals surface area (Å²) < 4.78 is 0. The van der Waals surface area contributed by atoms with Crippen molar-refractivity contribution in [2.24, 2.45) is 0 Å². The standard InChI is InChI=1S/C15H28N4/c1-6-8-19(9-7-2)14-16-10-13(11-17-14)12-18-15(3,4)5/h10-11,18H,6-9,12H2,1-5H3. The third-order valence-corrected chi connectivity index (χ3v) is 2.78. The van der Waals surface area contributed by atoms with Crippen molar-refractivity contribution < 1.29 is 0 Å². The summed E-state index contributed by atoms with van der Waals surface area (Å²) in [5.41, 5.74) is 1.25. The highest BCUT2D eigenvalue weighted by Crippen LogP contribution is 2.09. The Kier molecular flexibility index (Phi) is 6.22.